The van der Waals surface area contributed by atoms with E-state index in [0.29, 0.717) is 30.9 Å². The van der Waals surface area contributed by atoms with E-state index in [9.17, 15) is 22.8 Å². The number of benzene rings is 1. The number of nitrogens with one attached hydrogen (secondary N) is 1. The van der Waals surface area contributed by atoms with Crippen LogP contribution >= 0.6 is 0 Å². The number of hydrogen-bond acceptors (Lipinski definition) is 4. The van der Waals surface area contributed by atoms with Gasteiger partial charge < -0.3 is 15.0 Å². The number of carbonyl (C=O) groups excluding carboxylic acids is 2. The summed E-state index contributed by atoms with van der Waals surface area (Å²) in [4.78, 5) is 28.5. The maximum Gasteiger partial charge on any atom is 0.401 e. The van der Waals surface area contributed by atoms with E-state index in [2.05, 4.69) is 5.32 Å². The SMILES string of the molecule is CCOc1ccc(C(=O)NC(C(=O)N2CCCN(CC(F)(F)F)CC2)C(C)C)cc1. The van der Waals surface area contributed by atoms with Gasteiger partial charge >= 0.3 is 6.18 Å². The highest BCUT2D eigenvalue weighted by Gasteiger charge is 2.34. The van der Waals surface area contributed by atoms with Gasteiger partial charge in [0.25, 0.3) is 5.91 Å². The molecule has 2 rings (SSSR count). The van der Waals surface area contributed by atoms with E-state index in [4.69, 9.17) is 4.74 Å². The van der Waals surface area contributed by atoms with Crippen molar-refractivity contribution in [1.29, 1.82) is 0 Å². The van der Waals surface area contributed by atoms with Crippen molar-refractivity contribution < 1.29 is 27.5 Å². The first kappa shape index (κ1) is 24.0. The highest BCUT2D eigenvalue weighted by molar-refractivity contribution is 5.97. The third-order valence-electron chi connectivity index (χ3n) is 4.95. The summed E-state index contributed by atoms with van der Waals surface area (Å²) >= 11 is 0. The zero-order valence-electron chi connectivity index (χ0n) is 17.7. The summed E-state index contributed by atoms with van der Waals surface area (Å²) in [6.07, 6.45) is -3.80. The van der Waals surface area contributed by atoms with Crippen LogP contribution in [0.1, 0.15) is 37.6 Å². The molecule has 0 bridgehead atoms. The van der Waals surface area contributed by atoms with E-state index in [1.807, 2.05) is 20.8 Å². The van der Waals surface area contributed by atoms with E-state index in [1.165, 1.54) is 4.90 Å². The molecule has 1 heterocycles. The van der Waals surface area contributed by atoms with E-state index < -0.39 is 18.8 Å². The molecule has 168 valence electrons. The molecule has 6 nitrogen and oxygen atoms in total. The second-order valence-corrected chi connectivity index (χ2v) is 7.72. The third kappa shape index (κ3) is 7.19. The highest BCUT2D eigenvalue weighted by Crippen LogP contribution is 2.18. The van der Waals surface area contributed by atoms with Crippen LogP contribution in [0.15, 0.2) is 24.3 Å². The molecule has 1 saturated heterocycles. The van der Waals surface area contributed by atoms with Gasteiger partial charge in [-0.3, -0.25) is 14.5 Å². The Morgan fingerprint density at radius 2 is 1.77 bits per heavy atom. The summed E-state index contributed by atoms with van der Waals surface area (Å²) in [5.74, 6) is -0.158. The van der Waals surface area contributed by atoms with Crippen LogP contribution in [0.2, 0.25) is 0 Å². The molecule has 1 fully saturated rings. The predicted molar refractivity (Wildman–Crippen MR) is 107 cm³/mol. The largest absolute Gasteiger partial charge is 0.494 e. The van der Waals surface area contributed by atoms with Gasteiger partial charge in [0.05, 0.1) is 13.2 Å². The minimum Gasteiger partial charge on any atom is -0.494 e. The second kappa shape index (κ2) is 10.7. The molecule has 1 aliphatic rings. The molecule has 1 aromatic rings. The molecule has 30 heavy (non-hydrogen) atoms. The van der Waals surface area contributed by atoms with Gasteiger partial charge in [0.2, 0.25) is 5.91 Å². The number of amides is 2. The third-order valence-corrected chi connectivity index (χ3v) is 4.95. The van der Waals surface area contributed by atoms with Crippen molar-refractivity contribution in [1.82, 2.24) is 15.1 Å². The summed E-state index contributed by atoms with van der Waals surface area (Å²) in [6.45, 7) is 6.08. The predicted octanol–water partition coefficient (Wildman–Crippen LogP) is 2.94. The van der Waals surface area contributed by atoms with Crippen molar-refractivity contribution in [3.05, 3.63) is 29.8 Å². The van der Waals surface area contributed by atoms with Crippen molar-refractivity contribution >= 4 is 11.8 Å². The Kier molecular flexibility index (Phi) is 8.52. The zero-order valence-corrected chi connectivity index (χ0v) is 17.7. The summed E-state index contributed by atoms with van der Waals surface area (Å²) in [5.41, 5.74) is 0.407. The fourth-order valence-corrected chi connectivity index (χ4v) is 3.41. The van der Waals surface area contributed by atoms with Crippen LogP contribution in [0.4, 0.5) is 13.2 Å². The average molecular weight is 429 g/mol. The Balaban J connectivity index is 2.01. The van der Waals surface area contributed by atoms with Gasteiger partial charge in [-0.05, 0) is 43.5 Å². The first-order chi connectivity index (χ1) is 14.1. The summed E-state index contributed by atoms with van der Waals surface area (Å²) in [5, 5.41) is 2.79. The lowest BCUT2D eigenvalue weighted by molar-refractivity contribution is -0.145. The van der Waals surface area contributed by atoms with E-state index >= 15 is 0 Å². The van der Waals surface area contributed by atoms with Gasteiger partial charge in [0, 0.05) is 31.7 Å². The highest BCUT2D eigenvalue weighted by atomic mass is 19.4. The monoisotopic (exact) mass is 429 g/mol. The fraction of sp³-hybridized carbons (Fsp3) is 0.619. The molecule has 0 aromatic heterocycles. The molecule has 0 saturated carbocycles. The minimum absolute atomic E-state index is 0.156. The second-order valence-electron chi connectivity index (χ2n) is 7.72. The molecule has 0 spiro atoms. The molecule has 1 N–H and O–H groups in total. The van der Waals surface area contributed by atoms with Crippen molar-refractivity contribution in [2.75, 3.05) is 39.3 Å². The van der Waals surface area contributed by atoms with Gasteiger partial charge in [-0.15, -0.1) is 0 Å². The van der Waals surface area contributed by atoms with E-state index in [1.54, 1.807) is 29.2 Å². The van der Waals surface area contributed by atoms with Crippen LogP contribution in [0.25, 0.3) is 0 Å². The van der Waals surface area contributed by atoms with Gasteiger partial charge in [0.15, 0.2) is 0 Å². The lowest BCUT2D eigenvalue weighted by Gasteiger charge is -2.29. The lowest BCUT2D eigenvalue weighted by atomic mass is 10.0. The van der Waals surface area contributed by atoms with Crippen LogP contribution in [0, 0.1) is 5.92 Å². The minimum atomic E-state index is -4.26. The number of nitrogens with zero attached hydrogens (tertiary/aromatic N) is 2. The Bertz CT molecular complexity index is 708. The summed E-state index contributed by atoms with van der Waals surface area (Å²) < 4.78 is 43.3. The van der Waals surface area contributed by atoms with Crippen LogP contribution in [-0.2, 0) is 4.79 Å². The number of alkyl halides is 3. The number of hydrogen-bond donors (Lipinski definition) is 1. The summed E-state index contributed by atoms with van der Waals surface area (Å²) in [6, 6.07) is 5.88. The number of carbonyl (C=O) groups is 2. The molecular weight excluding hydrogens is 399 g/mol. The van der Waals surface area contributed by atoms with Gasteiger partial charge in [0.1, 0.15) is 11.8 Å². The van der Waals surface area contributed by atoms with Crippen molar-refractivity contribution in [2.24, 2.45) is 5.92 Å². The Morgan fingerprint density at radius 1 is 1.10 bits per heavy atom. The molecule has 1 unspecified atom stereocenters. The first-order valence-electron chi connectivity index (χ1n) is 10.2. The quantitative estimate of drug-likeness (QED) is 0.724. The molecule has 0 radical (unpaired) electrons. The smallest absolute Gasteiger partial charge is 0.401 e. The fourth-order valence-electron chi connectivity index (χ4n) is 3.41. The normalized spacial score (nSPS) is 16.8. The number of ether oxygens (including phenoxy) is 1. The van der Waals surface area contributed by atoms with Crippen LogP contribution in [0.3, 0.4) is 0 Å². The van der Waals surface area contributed by atoms with Gasteiger partial charge in [-0.1, -0.05) is 13.8 Å². The summed E-state index contributed by atoms with van der Waals surface area (Å²) in [7, 11) is 0. The Hall–Kier alpha value is -2.29. The van der Waals surface area contributed by atoms with Crippen LogP contribution < -0.4 is 10.1 Å². The maximum atomic E-state index is 13.0. The number of rotatable bonds is 7. The first-order valence-corrected chi connectivity index (χ1v) is 10.2. The van der Waals surface area contributed by atoms with E-state index in [-0.39, 0.29) is 37.4 Å². The standard InChI is InChI=1S/C21H30F3N3O3/c1-4-30-17-8-6-16(7-9-17)19(28)25-18(15(2)3)20(29)27-11-5-10-26(12-13-27)14-21(22,23)24/h6-9,15,18H,4-5,10-14H2,1-3H3,(H,25,28). The Morgan fingerprint density at radius 3 is 2.33 bits per heavy atom. The zero-order chi connectivity index (χ0) is 22.3. The average Bonchev–Trinajstić information content (AvgIpc) is 2.90. The Labute approximate surface area is 175 Å². The maximum absolute atomic E-state index is 13.0. The van der Waals surface area contributed by atoms with Crippen LogP contribution in [0.5, 0.6) is 5.75 Å². The molecule has 9 heteroatoms. The molecule has 1 aliphatic heterocycles. The topological polar surface area (TPSA) is 61.9 Å². The number of halogens is 3. The van der Waals surface area contributed by atoms with Crippen LogP contribution in [-0.4, -0.2) is 73.2 Å². The van der Waals surface area contributed by atoms with E-state index in [0.717, 1.165) is 0 Å². The molecule has 1 atom stereocenters. The lowest BCUT2D eigenvalue weighted by Crippen LogP contribution is -2.52. The molecule has 0 aliphatic carbocycles. The van der Waals surface area contributed by atoms with Crippen molar-refractivity contribution in [3.63, 3.8) is 0 Å². The van der Waals surface area contributed by atoms with Gasteiger partial charge in [-0.2, -0.15) is 13.2 Å². The molecule has 1 aromatic carbocycles. The molecular formula is C21H30F3N3O3. The molecule has 2 amide bonds. The van der Waals surface area contributed by atoms with Gasteiger partial charge in [-0.25, -0.2) is 0 Å². The van der Waals surface area contributed by atoms with Crippen molar-refractivity contribution in [2.45, 2.75) is 39.4 Å². The van der Waals surface area contributed by atoms with Crippen molar-refractivity contribution in [3.8, 4) is 5.75 Å².